The van der Waals surface area contributed by atoms with Gasteiger partial charge in [-0.15, -0.1) is 0 Å². The number of benzene rings is 2. The molecule has 0 radical (unpaired) electrons. The first kappa shape index (κ1) is 18.3. The molecule has 4 nitrogen and oxygen atoms in total. The van der Waals surface area contributed by atoms with E-state index in [0.29, 0.717) is 5.56 Å². The summed E-state index contributed by atoms with van der Waals surface area (Å²) in [5.74, 6) is 2.02. The second-order valence-electron chi connectivity index (χ2n) is 6.56. The van der Waals surface area contributed by atoms with Gasteiger partial charge < -0.3 is 10.2 Å². The predicted molar refractivity (Wildman–Crippen MR) is 117 cm³/mol. The summed E-state index contributed by atoms with van der Waals surface area (Å²) in [6.07, 6.45) is 1.71. The molecule has 1 aliphatic rings. The smallest absolute Gasteiger partial charge is 0.257 e. The Bertz CT molecular complexity index is 1000. The predicted octanol–water partition coefficient (Wildman–Crippen LogP) is 5.24. The molecule has 0 spiro atoms. The first-order valence-corrected chi connectivity index (χ1v) is 10.9. The van der Waals surface area contributed by atoms with Crippen LogP contribution in [0, 0.1) is 6.92 Å². The maximum atomic E-state index is 13.2. The molecule has 6 heteroatoms. The van der Waals surface area contributed by atoms with Crippen LogP contribution in [0.1, 0.15) is 15.9 Å². The minimum Gasteiger partial charge on any atom is -0.354 e. The first-order chi connectivity index (χ1) is 13.1. The molecule has 1 aliphatic heterocycles. The van der Waals surface area contributed by atoms with Crippen molar-refractivity contribution in [3.8, 4) is 0 Å². The molecule has 0 saturated carbocycles. The van der Waals surface area contributed by atoms with Crippen LogP contribution < -0.4 is 5.32 Å². The van der Waals surface area contributed by atoms with Crippen LogP contribution in [0.15, 0.2) is 53.1 Å². The fraction of sp³-hybridized carbons (Fsp3) is 0.238. The number of hydrogen-bond donors (Lipinski definition) is 1. The molecular formula is C21H20BrN3OS. The summed E-state index contributed by atoms with van der Waals surface area (Å²) in [4.78, 5) is 19.7. The Morgan fingerprint density at radius 1 is 1.19 bits per heavy atom. The van der Waals surface area contributed by atoms with Crippen LogP contribution in [0.3, 0.4) is 0 Å². The first-order valence-electron chi connectivity index (χ1n) is 8.91. The van der Waals surface area contributed by atoms with Gasteiger partial charge in [-0.25, -0.2) is 0 Å². The minimum absolute atomic E-state index is 0.0462. The van der Waals surface area contributed by atoms with Crippen LogP contribution in [0.2, 0.25) is 0 Å². The summed E-state index contributed by atoms with van der Waals surface area (Å²) in [5, 5.41) is 4.44. The molecule has 0 aliphatic carbocycles. The summed E-state index contributed by atoms with van der Waals surface area (Å²) in [6.45, 7) is 3.62. The van der Waals surface area contributed by atoms with Gasteiger partial charge in [0.25, 0.3) is 5.91 Å². The molecule has 1 fully saturated rings. The molecule has 1 N–H and O–H groups in total. The summed E-state index contributed by atoms with van der Waals surface area (Å²) in [6, 6.07) is 14.0. The van der Waals surface area contributed by atoms with E-state index in [-0.39, 0.29) is 5.91 Å². The molecule has 0 unspecified atom stereocenters. The van der Waals surface area contributed by atoms with Crippen LogP contribution >= 0.6 is 27.7 Å². The normalized spacial score (nSPS) is 14.4. The maximum absolute atomic E-state index is 13.2. The van der Waals surface area contributed by atoms with E-state index in [1.807, 2.05) is 53.1 Å². The fourth-order valence-corrected chi connectivity index (χ4v) is 4.39. The molecular weight excluding hydrogens is 422 g/mol. The lowest BCUT2D eigenvalue weighted by molar-refractivity contribution is 0.0773. The van der Waals surface area contributed by atoms with Gasteiger partial charge in [-0.2, -0.15) is 11.8 Å². The van der Waals surface area contributed by atoms with E-state index in [4.69, 9.17) is 0 Å². The number of rotatable bonds is 3. The quantitative estimate of drug-likeness (QED) is 0.603. The highest BCUT2D eigenvalue weighted by molar-refractivity contribution is 9.10. The van der Waals surface area contributed by atoms with Gasteiger partial charge in [-0.05, 0) is 36.8 Å². The van der Waals surface area contributed by atoms with Crippen molar-refractivity contribution in [2.45, 2.75) is 6.92 Å². The van der Waals surface area contributed by atoms with Crippen LogP contribution in [-0.2, 0) is 0 Å². The van der Waals surface area contributed by atoms with Gasteiger partial charge in [0, 0.05) is 46.3 Å². The topological polar surface area (TPSA) is 45.2 Å². The third-order valence-corrected chi connectivity index (χ3v) is 6.56. The van der Waals surface area contributed by atoms with E-state index in [9.17, 15) is 4.79 Å². The Hall–Kier alpha value is -2.05. The summed E-state index contributed by atoms with van der Waals surface area (Å²) in [7, 11) is 0. The second-order valence-corrected chi connectivity index (χ2v) is 8.64. The summed E-state index contributed by atoms with van der Waals surface area (Å²) in [5.41, 5.74) is 4.42. The van der Waals surface area contributed by atoms with Gasteiger partial charge in [0.1, 0.15) is 0 Å². The molecule has 138 valence electrons. The monoisotopic (exact) mass is 441 g/mol. The Kier molecular flexibility index (Phi) is 5.36. The van der Waals surface area contributed by atoms with Crippen molar-refractivity contribution in [3.63, 3.8) is 0 Å². The number of aryl methyl sites for hydroxylation is 1. The van der Waals surface area contributed by atoms with Gasteiger partial charge >= 0.3 is 0 Å². The molecule has 0 atom stereocenters. The molecule has 0 bridgehead atoms. The second kappa shape index (κ2) is 7.90. The van der Waals surface area contributed by atoms with E-state index < -0.39 is 0 Å². The van der Waals surface area contributed by atoms with Crippen molar-refractivity contribution in [1.29, 1.82) is 0 Å². The standard InChI is InChI=1S/C21H20BrN3OS/c1-14-12-15(6-7-18(14)22)24-20-16-4-2-3-5-19(16)23-13-17(20)21(26)25-8-10-27-11-9-25/h2-7,12-13H,8-11H2,1H3,(H,23,24). The van der Waals surface area contributed by atoms with Gasteiger partial charge in [-0.3, -0.25) is 9.78 Å². The molecule has 4 rings (SSSR count). The van der Waals surface area contributed by atoms with E-state index in [0.717, 1.165) is 56.9 Å². The number of thioether (sulfide) groups is 1. The zero-order chi connectivity index (χ0) is 18.8. The number of fused-ring (bicyclic) bond motifs is 1. The number of anilines is 2. The number of amides is 1. The van der Waals surface area contributed by atoms with Crippen molar-refractivity contribution < 1.29 is 4.79 Å². The highest BCUT2D eigenvalue weighted by Gasteiger charge is 2.23. The van der Waals surface area contributed by atoms with E-state index in [1.54, 1.807) is 6.20 Å². The Balaban J connectivity index is 1.79. The van der Waals surface area contributed by atoms with Crippen molar-refractivity contribution in [1.82, 2.24) is 9.88 Å². The average Bonchev–Trinajstić information content (AvgIpc) is 2.71. The van der Waals surface area contributed by atoms with Crippen molar-refractivity contribution in [2.24, 2.45) is 0 Å². The zero-order valence-electron chi connectivity index (χ0n) is 15.0. The molecule has 2 heterocycles. The van der Waals surface area contributed by atoms with Crippen molar-refractivity contribution in [3.05, 3.63) is 64.3 Å². The highest BCUT2D eigenvalue weighted by atomic mass is 79.9. The number of pyridine rings is 1. The number of carbonyl (C=O) groups is 1. The molecule has 1 saturated heterocycles. The van der Waals surface area contributed by atoms with E-state index in [2.05, 4.69) is 39.2 Å². The largest absolute Gasteiger partial charge is 0.354 e. The molecule has 2 aromatic carbocycles. The van der Waals surface area contributed by atoms with Gasteiger partial charge in [0.05, 0.1) is 16.8 Å². The van der Waals surface area contributed by atoms with Crippen LogP contribution in [0.5, 0.6) is 0 Å². The minimum atomic E-state index is 0.0462. The summed E-state index contributed by atoms with van der Waals surface area (Å²) >= 11 is 5.44. The lowest BCUT2D eigenvalue weighted by Crippen LogP contribution is -2.38. The molecule has 1 amide bonds. The maximum Gasteiger partial charge on any atom is 0.257 e. The number of nitrogens with zero attached hydrogens (tertiary/aromatic N) is 2. The van der Waals surface area contributed by atoms with Gasteiger partial charge in [0.15, 0.2) is 0 Å². The number of aromatic nitrogens is 1. The SMILES string of the molecule is Cc1cc(Nc2c(C(=O)N3CCSCC3)cnc3ccccc23)ccc1Br. The number of halogens is 1. The number of carbonyl (C=O) groups excluding carboxylic acids is 1. The van der Waals surface area contributed by atoms with Crippen LogP contribution in [0.4, 0.5) is 11.4 Å². The lowest BCUT2D eigenvalue weighted by atomic mass is 10.1. The third-order valence-electron chi connectivity index (χ3n) is 4.73. The van der Waals surface area contributed by atoms with E-state index in [1.165, 1.54) is 0 Å². The van der Waals surface area contributed by atoms with Gasteiger partial charge in [-0.1, -0.05) is 34.1 Å². The van der Waals surface area contributed by atoms with Gasteiger partial charge in [0.2, 0.25) is 0 Å². The molecule has 1 aromatic heterocycles. The number of para-hydroxylation sites is 1. The average molecular weight is 442 g/mol. The number of hydrogen-bond acceptors (Lipinski definition) is 4. The third kappa shape index (κ3) is 3.82. The Morgan fingerprint density at radius 3 is 2.74 bits per heavy atom. The fourth-order valence-electron chi connectivity index (χ4n) is 3.24. The Morgan fingerprint density at radius 2 is 1.96 bits per heavy atom. The van der Waals surface area contributed by atoms with Crippen molar-refractivity contribution in [2.75, 3.05) is 29.9 Å². The highest BCUT2D eigenvalue weighted by Crippen LogP contribution is 2.31. The molecule has 3 aromatic rings. The van der Waals surface area contributed by atoms with Crippen LogP contribution in [0.25, 0.3) is 10.9 Å². The van der Waals surface area contributed by atoms with E-state index >= 15 is 0 Å². The number of nitrogens with one attached hydrogen (secondary N) is 1. The zero-order valence-corrected chi connectivity index (χ0v) is 17.4. The summed E-state index contributed by atoms with van der Waals surface area (Å²) < 4.78 is 1.06. The van der Waals surface area contributed by atoms with Crippen LogP contribution in [-0.4, -0.2) is 40.4 Å². The Labute approximate surface area is 171 Å². The molecule has 27 heavy (non-hydrogen) atoms. The lowest BCUT2D eigenvalue weighted by Gasteiger charge is -2.27. The van der Waals surface area contributed by atoms with Crippen molar-refractivity contribution >= 4 is 55.9 Å².